The van der Waals surface area contributed by atoms with Gasteiger partial charge in [0, 0.05) is 18.4 Å². The first-order chi connectivity index (χ1) is 8.48. The van der Waals surface area contributed by atoms with Crippen LogP contribution in [-0.4, -0.2) is 16.9 Å². The van der Waals surface area contributed by atoms with Gasteiger partial charge in [0.05, 0.1) is 5.56 Å². The molecule has 0 bridgehead atoms. The monoisotopic (exact) mass is 246 g/mol. The molecule has 1 heterocycles. The first-order valence-corrected chi connectivity index (χ1v) is 6.69. The minimum atomic E-state index is -0.000318. The van der Waals surface area contributed by atoms with E-state index in [1.807, 2.05) is 0 Å². The van der Waals surface area contributed by atoms with Crippen LogP contribution in [0.15, 0.2) is 24.5 Å². The van der Waals surface area contributed by atoms with E-state index in [0.29, 0.717) is 22.9 Å². The average molecular weight is 246 g/mol. The third-order valence-electron chi connectivity index (χ3n) is 3.93. The van der Waals surface area contributed by atoms with Crippen molar-refractivity contribution in [2.45, 2.75) is 46.1 Å². The molecule has 2 rings (SSSR count). The first kappa shape index (κ1) is 13.1. The number of carbonyl (C=O) groups is 1. The van der Waals surface area contributed by atoms with Gasteiger partial charge in [0.25, 0.3) is 5.91 Å². The smallest absolute Gasteiger partial charge is 0.253 e. The first-order valence-electron chi connectivity index (χ1n) is 6.69. The summed E-state index contributed by atoms with van der Waals surface area (Å²) < 4.78 is 0. The summed E-state index contributed by atoms with van der Waals surface area (Å²) in [5, 5.41) is 3.14. The second-order valence-electron chi connectivity index (χ2n) is 6.21. The van der Waals surface area contributed by atoms with E-state index in [1.165, 1.54) is 12.8 Å². The third kappa shape index (κ3) is 3.09. The topological polar surface area (TPSA) is 42.0 Å². The number of nitrogens with one attached hydrogen (secondary N) is 1. The number of pyridine rings is 1. The maximum atomic E-state index is 12.1. The lowest BCUT2D eigenvalue weighted by molar-refractivity contribution is 0.0861. The largest absolute Gasteiger partial charge is 0.349 e. The van der Waals surface area contributed by atoms with Gasteiger partial charge in [-0.3, -0.25) is 9.78 Å². The molecular formula is C15H22N2O. The molecule has 2 atom stereocenters. The number of hydrogen-bond acceptors (Lipinski definition) is 2. The van der Waals surface area contributed by atoms with Crippen molar-refractivity contribution in [3.63, 3.8) is 0 Å². The Bertz CT molecular complexity index is 414. The van der Waals surface area contributed by atoms with Crippen LogP contribution in [0.25, 0.3) is 0 Å². The van der Waals surface area contributed by atoms with E-state index < -0.39 is 0 Å². The summed E-state index contributed by atoms with van der Waals surface area (Å²) in [6.45, 7) is 6.85. The van der Waals surface area contributed by atoms with Crippen LogP contribution in [0.4, 0.5) is 0 Å². The highest BCUT2D eigenvalue weighted by Gasteiger charge is 2.33. The zero-order valence-electron chi connectivity index (χ0n) is 11.4. The van der Waals surface area contributed by atoms with Crippen LogP contribution in [-0.2, 0) is 0 Å². The SMILES string of the molecule is CC1CC(C)(C)CCC1NC(=O)c1cccnc1. The molecule has 3 nitrogen and oxygen atoms in total. The van der Waals surface area contributed by atoms with E-state index in [9.17, 15) is 4.79 Å². The number of hydrogen-bond donors (Lipinski definition) is 1. The molecule has 0 aliphatic heterocycles. The summed E-state index contributed by atoms with van der Waals surface area (Å²) in [6, 6.07) is 3.90. The summed E-state index contributed by atoms with van der Waals surface area (Å²) in [4.78, 5) is 16.0. The molecule has 1 amide bonds. The standard InChI is InChI=1S/C15H22N2O/c1-11-9-15(2,3)7-6-13(11)17-14(18)12-5-4-8-16-10-12/h4-5,8,10-11,13H,6-7,9H2,1-3H3,(H,17,18). The molecule has 3 heteroatoms. The normalized spacial score (nSPS) is 26.6. The number of amides is 1. The van der Waals surface area contributed by atoms with E-state index in [0.717, 1.165) is 6.42 Å². The highest BCUT2D eigenvalue weighted by Crippen LogP contribution is 2.38. The maximum Gasteiger partial charge on any atom is 0.253 e. The molecular weight excluding hydrogens is 224 g/mol. The van der Waals surface area contributed by atoms with Crippen LogP contribution in [0.3, 0.4) is 0 Å². The second-order valence-corrected chi connectivity index (χ2v) is 6.21. The van der Waals surface area contributed by atoms with E-state index in [4.69, 9.17) is 0 Å². The molecule has 2 unspecified atom stereocenters. The predicted octanol–water partition coefficient (Wildman–Crippen LogP) is 3.03. The number of carbonyl (C=O) groups excluding carboxylic acids is 1. The third-order valence-corrected chi connectivity index (χ3v) is 3.93. The van der Waals surface area contributed by atoms with Gasteiger partial charge in [-0.15, -0.1) is 0 Å². The van der Waals surface area contributed by atoms with Gasteiger partial charge in [-0.05, 0) is 42.7 Å². The Labute approximate surface area is 109 Å². The highest BCUT2D eigenvalue weighted by atomic mass is 16.1. The fourth-order valence-electron chi connectivity index (χ4n) is 2.91. The molecule has 0 spiro atoms. The molecule has 1 fully saturated rings. The van der Waals surface area contributed by atoms with E-state index in [-0.39, 0.29) is 5.91 Å². The van der Waals surface area contributed by atoms with Crippen LogP contribution in [0, 0.1) is 11.3 Å². The van der Waals surface area contributed by atoms with Gasteiger partial charge >= 0.3 is 0 Å². The van der Waals surface area contributed by atoms with Gasteiger partial charge in [-0.25, -0.2) is 0 Å². The predicted molar refractivity (Wildman–Crippen MR) is 72.3 cm³/mol. The molecule has 98 valence electrons. The van der Waals surface area contributed by atoms with Crippen molar-refractivity contribution in [3.8, 4) is 0 Å². The number of nitrogens with zero attached hydrogens (tertiary/aromatic N) is 1. The fourth-order valence-corrected chi connectivity index (χ4v) is 2.91. The van der Waals surface area contributed by atoms with Gasteiger partial charge in [-0.1, -0.05) is 20.8 Å². The lowest BCUT2D eigenvalue weighted by Gasteiger charge is -2.39. The Morgan fingerprint density at radius 2 is 2.28 bits per heavy atom. The Morgan fingerprint density at radius 3 is 2.89 bits per heavy atom. The van der Waals surface area contributed by atoms with Crippen molar-refractivity contribution in [1.82, 2.24) is 10.3 Å². The highest BCUT2D eigenvalue weighted by molar-refractivity contribution is 5.94. The zero-order valence-corrected chi connectivity index (χ0v) is 11.4. The lowest BCUT2D eigenvalue weighted by Crippen LogP contribution is -2.44. The summed E-state index contributed by atoms with van der Waals surface area (Å²) >= 11 is 0. The van der Waals surface area contributed by atoms with Crippen LogP contribution in [0.2, 0.25) is 0 Å². The van der Waals surface area contributed by atoms with Crippen molar-refractivity contribution < 1.29 is 4.79 Å². The lowest BCUT2D eigenvalue weighted by atomic mass is 9.70. The second kappa shape index (κ2) is 5.09. The van der Waals surface area contributed by atoms with Gasteiger partial charge in [0.1, 0.15) is 0 Å². The minimum Gasteiger partial charge on any atom is -0.349 e. The van der Waals surface area contributed by atoms with E-state index >= 15 is 0 Å². The van der Waals surface area contributed by atoms with Gasteiger partial charge in [0.2, 0.25) is 0 Å². The van der Waals surface area contributed by atoms with Crippen LogP contribution in [0.1, 0.15) is 50.4 Å². The Kier molecular flexibility index (Phi) is 3.69. The molecule has 1 aliphatic carbocycles. The molecule has 1 saturated carbocycles. The summed E-state index contributed by atoms with van der Waals surface area (Å²) in [6.07, 6.45) is 6.72. The van der Waals surface area contributed by atoms with E-state index in [1.54, 1.807) is 24.5 Å². The van der Waals surface area contributed by atoms with Gasteiger partial charge in [-0.2, -0.15) is 0 Å². The molecule has 0 saturated heterocycles. The molecule has 0 radical (unpaired) electrons. The molecule has 18 heavy (non-hydrogen) atoms. The number of rotatable bonds is 2. The van der Waals surface area contributed by atoms with Crippen LogP contribution >= 0.6 is 0 Å². The summed E-state index contributed by atoms with van der Waals surface area (Å²) in [7, 11) is 0. The van der Waals surface area contributed by atoms with Crippen molar-refractivity contribution >= 4 is 5.91 Å². The summed E-state index contributed by atoms with van der Waals surface area (Å²) in [5.41, 5.74) is 1.06. The Morgan fingerprint density at radius 1 is 1.50 bits per heavy atom. The zero-order chi connectivity index (χ0) is 13.2. The van der Waals surface area contributed by atoms with Crippen molar-refractivity contribution in [2.24, 2.45) is 11.3 Å². The van der Waals surface area contributed by atoms with Crippen molar-refractivity contribution in [2.75, 3.05) is 0 Å². The maximum absolute atomic E-state index is 12.1. The molecule has 0 aromatic carbocycles. The van der Waals surface area contributed by atoms with Gasteiger partial charge in [0.15, 0.2) is 0 Å². The average Bonchev–Trinajstić information content (AvgIpc) is 2.33. The number of aromatic nitrogens is 1. The minimum absolute atomic E-state index is 0.000318. The Hall–Kier alpha value is -1.38. The molecule has 1 aromatic heterocycles. The van der Waals surface area contributed by atoms with Crippen molar-refractivity contribution in [3.05, 3.63) is 30.1 Å². The quantitative estimate of drug-likeness (QED) is 0.871. The molecule has 1 N–H and O–H groups in total. The summed E-state index contributed by atoms with van der Waals surface area (Å²) in [5.74, 6) is 0.536. The molecule has 1 aromatic rings. The van der Waals surface area contributed by atoms with Crippen LogP contribution < -0.4 is 5.32 Å². The Balaban J connectivity index is 1.97. The fraction of sp³-hybridized carbons (Fsp3) is 0.600. The van der Waals surface area contributed by atoms with Gasteiger partial charge < -0.3 is 5.32 Å². The van der Waals surface area contributed by atoms with E-state index in [2.05, 4.69) is 31.1 Å². The van der Waals surface area contributed by atoms with Crippen LogP contribution in [0.5, 0.6) is 0 Å². The molecule has 1 aliphatic rings. The van der Waals surface area contributed by atoms with Crippen molar-refractivity contribution in [1.29, 1.82) is 0 Å².